The molecule has 1 aliphatic heterocycles. The van der Waals surface area contributed by atoms with Gasteiger partial charge in [0.25, 0.3) is 0 Å². The molecule has 2 amide bonds. The van der Waals surface area contributed by atoms with E-state index in [9.17, 15) is 14.7 Å². The fraction of sp³-hybridized carbons (Fsp3) is 0.333. The lowest BCUT2D eigenvalue weighted by molar-refractivity contribution is -0.138. The Morgan fingerprint density at radius 1 is 1.15 bits per heavy atom. The zero-order valence-electron chi connectivity index (χ0n) is 11.0. The van der Waals surface area contributed by atoms with Gasteiger partial charge in [0.1, 0.15) is 0 Å². The smallest absolute Gasteiger partial charge is 0.318 e. The minimum absolute atomic E-state index is 0.138. The number of nitrogens with zero attached hydrogens (tertiary/aromatic N) is 1. The van der Waals surface area contributed by atoms with Crippen LogP contribution in [-0.2, 0) is 4.79 Å². The van der Waals surface area contributed by atoms with Crippen LogP contribution in [0, 0.1) is 0 Å². The van der Waals surface area contributed by atoms with Gasteiger partial charge in [-0.3, -0.25) is 4.79 Å². The van der Waals surface area contributed by atoms with Crippen LogP contribution in [0.25, 0.3) is 0 Å². The van der Waals surface area contributed by atoms with Crippen molar-refractivity contribution in [3.8, 4) is 0 Å². The first-order chi connectivity index (χ1) is 9.66. The second-order valence-electron chi connectivity index (χ2n) is 5.13. The number of rotatable bonds is 2. The summed E-state index contributed by atoms with van der Waals surface area (Å²) in [5.41, 5.74) is 1.73. The molecule has 5 nitrogen and oxygen atoms in total. The van der Waals surface area contributed by atoms with Gasteiger partial charge in [-0.25, -0.2) is 4.79 Å². The van der Waals surface area contributed by atoms with Gasteiger partial charge in [-0.1, -0.05) is 36.4 Å². The molecule has 2 N–H and O–H groups in total. The number of carbonyl (C=O) groups excluding carboxylic acids is 1. The largest absolute Gasteiger partial charge is 0.481 e. The van der Waals surface area contributed by atoms with Crippen LogP contribution in [0.15, 0.2) is 36.4 Å². The maximum absolute atomic E-state index is 12.1. The Bertz CT molecular complexity index is 574. The van der Waals surface area contributed by atoms with Crippen molar-refractivity contribution < 1.29 is 14.7 Å². The van der Waals surface area contributed by atoms with Crippen molar-refractivity contribution >= 4 is 12.0 Å². The van der Waals surface area contributed by atoms with E-state index in [4.69, 9.17) is 0 Å². The summed E-state index contributed by atoms with van der Waals surface area (Å²) in [5.74, 6) is -1.37. The Hall–Kier alpha value is -2.30. The number of fused-ring (bicyclic) bond motifs is 1. The van der Waals surface area contributed by atoms with Gasteiger partial charge in [-0.2, -0.15) is 0 Å². The number of carbonyl (C=O) groups is 2. The zero-order valence-corrected chi connectivity index (χ0v) is 11.0. The van der Waals surface area contributed by atoms with Crippen LogP contribution in [0.5, 0.6) is 0 Å². The summed E-state index contributed by atoms with van der Waals surface area (Å²) in [7, 11) is 0. The number of amides is 2. The van der Waals surface area contributed by atoms with E-state index in [2.05, 4.69) is 5.32 Å². The highest BCUT2D eigenvalue weighted by Crippen LogP contribution is 2.40. The Labute approximate surface area is 116 Å². The number of carboxylic acid groups (broad SMARTS) is 1. The van der Waals surface area contributed by atoms with Gasteiger partial charge in [0.2, 0.25) is 0 Å². The molecule has 0 fully saturated rings. The predicted molar refractivity (Wildman–Crippen MR) is 73.4 cm³/mol. The van der Waals surface area contributed by atoms with Crippen molar-refractivity contribution in [2.45, 2.75) is 18.4 Å². The van der Waals surface area contributed by atoms with Crippen LogP contribution in [-0.4, -0.2) is 35.1 Å². The van der Waals surface area contributed by atoms with Gasteiger partial charge in [-0.05, 0) is 17.5 Å². The Balaban J connectivity index is 1.78. The second kappa shape index (κ2) is 5.00. The number of hydrogen-bond donors (Lipinski definition) is 2. The summed E-state index contributed by atoms with van der Waals surface area (Å²) >= 11 is 0. The third-order valence-electron chi connectivity index (χ3n) is 3.92. The van der Waals surface area contributed by atoms with Gasteiger partial charge in [0, 0.05) is 13.1 Å². The van der Waals surface area contributed by atoms with Crippen LogP contribution in [0.3, 0.4) is 0 Å². The first-order valence-corrected chi connectivity index (χ1v) is 6.69. The van der Waals surface area contributed by atoms with Crippen LogP contribution in [0.2, 0.25) is 0 Å². The number of carboxylic acids is 1. The van der Waals surface area contributed by atoms with E-state index in [1.54, 1.807) is 4.90 Å². The minimum Gasteiger partial charge on any atom is -0.481 e. The van der Waals surface area contributed by atoms with Crippen molar-refractivity contribution in [3.63, 3.8) is 0 Å². The highest BCUT2D eigenvalue weighted by Gasteiger charge is 2.36. The van der Waals surface area contributed by atoms with E-state index in [1.807, 2.05) is 36.4 Å². The van der Waals surface area contributed by atoms with Crippen molar-refractivity contribution in [1.82, 2.24) is 10.2 Å². The van der Waals surface area contributed by atoms with Gasteiger partial charge in [0.15, 0.2) is 0 Å². The summed E-state index contributed by atoms with van der Waals surface area (Å²) in [6.45, 7) is 1.23. The second-order valence-corrected chi connectivity index (χ2v) is 5.13. The average molecular weight is 272 g/mol. The third kappa shape index (κ3) is 2.15. The number of benzene rings is 1. The molecule has 0 radical (unpaired) electrons. The molecule has 5 heteroatoms. The van der Waals surface area contributed by atoms with Gasteiger partial charge in [-0.15, -0.1) is 0 Å². The molecule has 1 aliphatic carbocycles. The molecular weight excluding hydrogens is 256 g/mol. The van der Waals surface area contributed by atoms with Crippen molar-refractivity contribution in [3.05, 3.63) is 47.5 Å². The Morgan fingerprint density at radius 2 is 1.80 bits per heavy atom. The zero-order chi connectivity index (χ0) is 14.1. The number of aliphatic carboxylic acids is 1. The molecule has 0 saturated heterocycles. The quantitative estimate of drug-likeness (QED) is 0.808. The van der Waals surface area contributed by atoms with E-state index < -0.39 is 11.9 Å². The summed E-state index contributed by atoms with van der Waals surface area (Å²) in [6.07, 6.45) is 4.31. The number of hydrogen-bond acceptors (Lipinski definition) is 2. The molecule has 3 rings (SSSR count). The van der Waals surface area contributed by atoms with Crippen LogP contribution >= 0.6 is 0 Å². The van der Waals surface area contributed by atoms with E-state index >= 15 is 0 Å². The van der Waals surface area contributed by atoms with Gasteiger partial charge < -0.3 is 15.3 Å². The number of nitrogens with one attached hydrogen (secondary N) is 1. The molecule has 2 atom stereocenters. The SMILES string of the molecule is O=C(O)C1CC(NC(=O)N2CC=CC2)c2ccccc21. The van der Waals surface area contributed by atoms with E-state index in [-0.39, 0.29) is 12.1 Å². The molecule has 2 aliphatic rings. The third-order valence-corrected chi connectivity index (χ3v) is 3.92. The standard InChI is InChI=1S/C15H16N2O3/c18-14(19)12-9-13(11-6-2-1-5-10(11)12)16-15(20)17-7-3-4-8-17/h1-6,12-13H,7-9H2,(H,16,20)(H,18,19). The molecule has 0 bridgehead atoms. The lowest BCUT2D eigenvalue weighted by atomic mass is 10.0. The van der Waals surface area contributed by atoms with Crippen molar-refractivity contribution in [2.24, 2.45) is 0 Å². The minimum atomic E-state index is -0.836. The normalized spacial score (nSPS) is 23.7. The molecule has 0 aromatic heterocycles. The summed E-state index contributed by atoms with van der Waals surface area (Å²) in [4.78, 5) is 25.1. The highest BCUT2D eigenvalue weighted by molar-refractivity contribution is 5.80. The maximum Gasteiger partial charge on any atom is 0.318 e. The predicted octanol–water partition coefficient (Wildman–Crippen LogP) is 1.88. The molecular formula is C15H16N2O3. The first kappa shape index (κ1) is 12.7. The highest BCUT2D eigenvalue weighted by atomic mass is 16.4. The van der Waals surface area contributed by atoms with Crippen LogP contribution in [0.4, 0.5) is 4.79 Å². The number of urea groups is 1. The lowest BCUT2D eigenvalue weighted by Crippen LogP contribution is -2.39. The van der Waals surface area contributed by atoms with Crippen molar-refractivity contribution in [2.75, 3.05) is 13.1 Å². The fourth-order valence-electron chi connectivity index (χ4n) is 2.89. The van der Waals surface area contributed by atoms with Crippen LogP contribution in [0.1, 0.15) is 29.5 Å². The Kier molecular flexibility index (Phi) is 3.18. The first-order valence-electron chi connectivity index (χ1n) is 6.69. The molecule has 20 heavy (non-hydrogen) atoms. The lowest BCUT2D eigenvalue weighted by Gasteiger charge is -2.20. The summed E-state index contributed by atoms with van der Waals surface area (Å²) in [6, 6.07) is 7.08. The average Bonchev–Trinajstić information content (AvgIpc) is 3.07. The molecule has 1 heterocycles. The van der Waals surface area contributed by atoms with Gasteiger partial charge in [0.05, 0.1) is 12.0 Å². The summed E-state index contributed by atoms with van der Waals surface area (Å²) < 4.78 is 0. The van der Waals surface area contributed by atoms with Gasteiger partial charge >= 0.3 is 12.0 Å². The van der Waals surface area contributed by atoms with Crippen molar-refractivity contribution in [1.29, 1.82) is 0 Å². The summed E-state index contributed by atoms with van der Waals surface area (Å²) in [5, 5.41) is 12.2. The molecule has 0 spiro atoms. The van der Waals surface area contributed by atoms with E-state index in [0.29, 0.717) is 19.5 Å². The van der Waals surface area contributed by atoms with E-state index in [1.165, 1.54) is 0 Å². The molecule has 1 aromatic rings. The fourth-order valence-corrected chi connectivity index (χ4v) is 2.89. The molecule has 104 valence electrons. The molecule has 2 unspecified atom stereocenters. The van der Waals surface area contributed by atoms with E-state index in [0.717, 1.165) is 11.1 Å². The topological polar surface area (TPSA) is 69.6 Å². The molecule has 1 aromatic carbocycles. The molecule has 0 saturated carbocycles. The Morgan fingerprint density at radius 3 is 2.45 bits per heavy atom. The maximum atomic E-state index is 12.1. The monoisotopic (exact) mass is 272 g/mol. The van der Waals surface area contributed by atoms with Crippen LogP contribution < -0.4 is 5.32 Å².